The summed E-state index contributed by atoms with van der Waals surface area (Å²) in [5.41, 5.74) is 0. The van der Waals surface area contributed by atoms with Gasteiger partial charge in [0.15, 0.2) is 0 Å². The van der Waals surface area contributed by atoms with Gasteiger partial charge in [-0.2, -0.15) is 21.2 Å². The molecule has 0 bridgehead atoms. The highest BCUT2D eigenvalue weighted by molar-refractivity contribution is 7.99. The van der Waals surface area contributed by atoms with Gasteiger partial charge in [0.2, 0.25) is 15.9 Å². The van der Waals surface area contributed by atoms with E-state index in [2.05, 4.69) is 5.10 Å². The van der Waals surface area contributed by atoms with Crippen molar-refractivity contribution in [3.63, 3.8) is 0 Å². The van der Waals surface area contributed by atoms with Crippen LogP contribution in [0.3, 0.4) is 0 Å². The summed E-state index contributed by atoms with van der Waals surface area (Å²) in [4.78, 5) is 14.6. The number of amides is 1. The second-order valence-electron chi connectivity index (χ2n) is 5.56. The number of nitrogens with zero attached hydrogens (tertiary/aromatic N) is 4. The highest BCUT2D eigenvalue weighted by Gasteiger charge is 2.41. The fraction of sp³-hybridized carbons (Fsp3) is 0.692. The number of carbonyl (C=O) groups excluding carboxylic acids is 1. The SMILES string of the molecule is Cn1cc(S(=O)(=O)N2CCC[C@H]2C(=O)N2CCSCC2)cn1. The first-order valence-electron chi connectivity index (χ1n) is 7.37. The van der Waals surface area contributed by atoms with Gasteiger partial charge in [0.25, 0.3) is 0 Å². The molecule has 0 aliphatic carbocycles. The maximum Gasteiger partial charge on any atom is 0.246 e. The van der Waals surface area contributed by atoms with E-state index in [1.807, 2.05) is 11.8 Å². The van der Waals surface area contributed by atoms with E-state index in [1.165, 1.54) is 21.4 Å². The van der Waals surface area contributed by atoms with Crippen molar-refractivity contribution in [2.75, 3.05) is 31.1 Å². The summed E-state index contributed by atoms with van der Waals surface area (Å²) < 4.78 is 28.3. The summed E-state index contributed by atoms with van der Waals surface area (Å²) in [6.45, 7) is 1.82. The molecular formula is C13H20N4O3S2. The largest absolute Gasteiger partial charge is 0.340 e. The van der Waals surface area contributed by atoms with E-state index in [-0.39, 0.29) is 10.8 Å². The molecule has 22 heavy (non-hydrogen) atoms. The van der Waals surface area contributed by atoms with Crippen LogP contribution in [0, 0.1) is 0 Å². The number of hydrogen-bond donors (Lipinski definition) is 0. The first-order valence-corrected chi connectivity index (χ1v) is 9.96. The van der Waals surface area contributed by atoms with E-state index in [1.54, 1.807) is 11.9 Å². The average Bonchev–Trinajstić information content (AvgIpc) is 3.16. The molecular weight excluding hydrogens is 324 g/mol. The Kier molecular flexibility index (Phi) is 4.47. The van der Waals surface area contributed by atoms with E-state index in [4.69, 9.17) is 0 Å². The van der Waals surface area contributed by atoms with E-state index in [0.717, 1.165) is 17.9 Å². The number of sulfonamides is 1. The Hall–Kier alpha value is -1.06. The Morgan fingerprint density at radius 1 is 1.32 bits per heavy atom. The molecule has 0 radical (unpaired) electrons. The minimum absolute atomic E-state index is 0.0507. The highest BCUT2D eigenvalue weighted by atomic mass is 32.2. The molecule has 2 aliphatic rings. The number of aryl methyl sites for hydroxylation is 1. The third-order valence-electron chi connectivity index (χ3n) is 4.10. The minimum atomic E-state index is -3.65. The Morgan fingerprint density at radius 2 is 2.05 bits per heavy atom. The van der Waals surface area contributed by atoms with Crippen LogP contribution in [0.25, 0.3) is 0 Å². The van der Waals surface area contributed by atoms with Crippen molar-refractivity contribution in [1.82, 2.24) is 19.0 Å². The Morgan fingerprint density at radius 3 is 2.68 bits per heavy atom. The molecule has 9 heteroatoms. The summed E-state index contributed by atoms with van der Waals surface area (Å²) in [5.74, 6) is 1.80. The second-order valence-corrected chi connectivity index (χ2v) is 8.68. The lowest BCUT2D eigenvalue weighted by molar-refractivity contribution is -0.134. The van der Waals surface area contributed by atoms with Crippen molar-refractivity contribution in [1.29, 1.82) is 0 Å². The Labute approximate surface area is 134 Å². The standard InChI is InChI=1S/C13H20N4O3S2/c1-15-10-11(9-14-15)22(19,20)17-4-2-3-12(17)13(18)16-5-7-21-8-6-16/h9-10,12H,2-8H2,1H3/t12-/m0/s1. The third-order valence-corrected chi connectivity index (χ3v) is 6.90. The van der Waals surface area contributed by atoms with Crippen molar-refractivity contribution in [2.45, 2.75) is 23.8 Å². The monoisotopic (exact) mass is 344 g/mol. The zero-order chi connectivity index (χ0) is 15.7. The summed E-state index contributed by atoms with van der Waals surface area (Å²) in [5, 5.41) is 3.93. The quantitative estimate of drug-likeness (QED) is 0.780. The van der Waals surface area contributed by atoms with E-state index >= 15 is 0 Å². The van der Waals surface area contributed by atoms with Crippen molar-refractivity contribution < 1.29 is 13.2 Å². The molecule has 122 valence electrons. The maximum absolute atomic E-state index is 12.7. The molecule has 3 rings (SSSR count). The number of thioether (sulfide) groups is 1. The zero-order valence-corrected chi connectivity index (χ0v) is 14.1. The predicted octanol–water partition coefficient (Wildman–Crippen LogP) is 0.149. The fourth-order valence-corrected chi connectivity index (χ4v) is 5.48. The maximum atomic E-state index is 12.7. The topological polar surface area (TPSA) is 75.5 Å². The molecule has 1 aromatic heterocycles. The van der Waals surface area contributed by atoms with Crippen LogP contribution in [0.1, 0.15) is 12.8 Å². The molecule has 0 saturated carbocycles. The van der Waals surface area contributed by atoms with Gasteiger partial charge in [-0.05, 0) is 12.8 Å². The molecule has 0 aromatic carbocycles. The first kappa shape index (κ1) is 15.8. The van der Waals surface area contributed by atoms with Gasteiger partial charge in [0, 0.05) is 44.4 Å². The van der Waals surface area contributed by atoms with Crippen LogP contribution in [0.15, 0.2) is 17.3 Å². The fourth-order valence-electron chi connectivity index (χ4n) is 2.94. The molecule has 0 N–H and O–H groups in total. The van der Waals surface area contributed by atoms with Gasteiger partial charge < -0.3 is 4.90 Å². The van der Waals surface area contributed by atoms with E-state index in [0.29, 0.717) is 26.1 Å². The van der Waals surface area contributed by atoms with Gasteiger partial charge in [-0.1, -0.05) is 0 Å². The van der Waals surface area contributed by atoms with Crippen molar-refractivity contribution in [3.05, 3.63) is 12.4 Å². The molecule has 0 unspecified atom stereocenters. The summed E-state index contributed by atoms with van der Waals surface area (Å²) in [6, 6.07) is -0.562. The molecule has 1 aromatic rings. The molecule has 2 fully saturated rings. The number of hydrogen-bond acceptors (Lipinski definition) is 5. The number of carbonyl (C=O) groups is 1. The van der Waals surface area contributed by atoms with Crippen molar-refractivity contribution in [2.24, 2.45) is 7.05 Å². The molecule has 1 amide bonds. The lowest BCUT2D eigenvalue weighted by atomic mass is 10.2. The minimum Gasteiger partial charge on any atom is -0.340 e. The molecule has 1 atom stereocenters. The molecule has 2 saturated heterocycles. The third kappa shape index (κ3) is 2.89. The first-order chi connectivity index (χ1) is 10.5. The second kappa shape index (κ2) is 6.21. The van der Waals surface area contributed by atoms with Crippen LogP contribution in [0.5, 0.6) is 0 Å². The van der Waals surface area contributed by atoms with Crippen LogP contribution < -0.4 is 0 Å². The molecule has 7 nitrogen and oxygen atoms in total. The Balaban J connectivity index is 1.82. The Bertz CT molecular complexity index is 652. The van der Waals surface area contributed by atoms with E-state index in [9.17, 15) is 13.2 Å². The van der Waals surface area contributed by atoms with Gasteiger partial charge in [0.05, 0.1) is 6.20 Å². The zero-order valence-electron chi connectivity index (χ0n) is 12.5. The summed E-state index contributed by atoms with van der Waals surface area (Å²) in [6.07, 6.45) is 4.14. The number of aromatic nitrogens is 2. The predicted molar refractivity (Wildman–Crippen MR) is 84.0 cm³/mol. The van der Waals surface area contributed by atoms with Gasteiger partial charge in [-0.3, -0.25) is 9.48 Å². The summed E-state index contributed by atoms with van der Waals surface area (Å²) in [7, 11) is -1.98. The lowest BCUT2D eigenvalue weighted by Crippen LogP contribution is -2.49. The van der Waals surface area contributed by atoms with Crippen LogP contribution in [-0.4, -0.2) is 70.5 Å². The molecule has 0 spiro atoms. The van der Waals surface area contributed by atoms with Crippen molar-refractivity contribution in [3.8, 4) is 0 Å². The summed E-state index contributed by atoms with van der Waals surface area (Å²) >= 11 is 1.83. The lowest BCUT2D eigenvalue weighted by Gasteiger charge is -2.31. The molecule has 3 heterocycles. The van der Waals surface area contributed by atoms with Gasteiger partial charge in [-0.15, -0.1) is 0 Å². The van der Waals surface area contributed by atoms with Crippen LogP contribution in [-0.2, 0) is 21.9 Å². The molecule has 2 aliphatic heterocycles. The average molecular weight is 344 g/mol. The van der Waals surface area contributed by atoms with Gasteiger partial charge in [0.1, 0.15) is 10.9 Å². The van der Waals surface area contributed by atoms with Crippen LogP contribution in [0.4, 0.5) is 0 Å². The number of rotatable bonds is 3. The van der Waals surface area contributed by atoms with Crippen LogP contribution >= 0.6 is 11.8 Å². The van der Waals surface area contributed by atoms with Crippen LogP contribution in [0.2, 0.25) is 0 Å². The highest BCUT2D eigenvalue weighted by Crippen LogP contribution is 2.27. The van der Waals surface area contributed by atoms with Crippen molar-refractivity contribution >= 4 is 27.7 Å². The normalized spacial score (nSPS) is 23.9. The van der Waals surface area contributed by atoms with Gasteiger partial charge in [-0.25, -0.2) is 8.42 Å². The van der Waals surface area contributed by atoms with Gasteiger partial charge >= 0.3 is 0 Å². The smallest absolute Gasteiger partial charge is 0.246 e. The van der Waals surface area contributed by atoms with E-state index < -0.39 is 16.1 Å².